The predicted molar refractivity (Wildman–Crippen MR) is 107 cm³/mol. The summed E-state index contributed by atoms with van der Waals surface area (Å²) in [5, 5.41) is 0. The van der Waals surface area contributed by atoms with E-state index in [9.17, 15) is 4.79 Å². The van der Waals surface area contributed by atoms with Crippen molar-refractivity contribution in [1.82, 2.24) is 14.4 Å². The molecular weight excluding hydrogens is 338 g/mol. The van der Waals surface area contributed by atoms with Crippen molar-refractivity contribution in [3.63, 3.8) is 0 Å². The second kappa shape index (κ2) is 7.24. The quantitative estimate of drug-likeness (QED) is 0.708. The first-order valence-corrected chi connectivity index (χ1v) is 9.72. The highest BCUT2D eigenvalue weighted by Crippen LogP contribution is 2.26. The minimum absolute atomic E-state index is 0.0990. The molecule has 5 nitrogen and oxygen atoms in total. The van der Waals surface area contributed by atoms with Gasteiger partial charge in [-0.2, -0.15) is 0 Å². The van der Waals surface area contributed by atoms with Gasteiger partial charge in [-0.15, -0.1) is 0 Å². The molecule has 0 atom stereocenters. The average Bonchev–Trinajstić information content (AvgIpc) is 3.20. The highest BCUT2D eigenvalue weighted by molar-refractivity contribution is 5.97. The smallest absolute Gasteiger partial charge is 0.270 e. The van der Waals surface area contributed by atoms with Crippen molar-refractivity contribution in [3.05, 3.63) is 59.0 Å². The van der Waals surface area contributed by atoms with Crippen LogP contribution in [0.5, 0.6) is 0 Å². The summed E-state index contributed by atoms with van der Waals surface area (Å²) in [6.07, 6.45) is 0. The molecule has 0 aliphatic carbocycles. The van der Waals surface area contributed by atoms with Gasteiger partial charge >= 0.3 is 0 Å². The van der Waals surface area contributed by atoms with Crippen molar-refractivity contribution in [1.29, 1.82) is 0 Å². The maximum Gasteiger partial charge on any atom is 0.270 e. The summed E-state index contributed by atoms with van der Waals surface area (Å²) in [6.45, 7) is 11.3. The molecule has 27 heavy (non-hydrogen) atoms. The van der Waals surface area contributed by atoms with E-state index >= 15 is 0 Å². The molecule has 1 aliphatic rings. The fraction of sp³-hybridized carbons (Fsp3) is 0.409. The largest absolute Gasteiger partial charge is 0.460 e. The fourth-order valence-corrected chi connectivity index (χ4v) is 3.82. The van der Waals surface area contributed by atoms with Gasteiger partial charge in [0.1, 0.15) is 11.5 Å². The number of amides is 1. The SMILES string of the molecule is CCN1CCN(C(=O)c2cc3oc(C)cc3n2Cc2ccc(C)cc2)CC1. The number of carbonyl (C=O) groups is 1. The van der Waals surface area contributed by atoms with Gasteiger partial charge in [-0.05, 0) is 26.0 Å². The Morgan fingerprint density at radius 2 is 1.74 bits per heavy atom. The Morgan fingerprint density at radius 3 is 2.41 bits per heavy atom. The van der Waals surface area contributed by atoms with Crippen LogP contribution in [0.25, 0.3) is 11.1 Å². The molecule has 1 saturated heterocycles. The summed E-state index contributed by atoms with van der Waals surface area (Å²) in [4.78, 5) is 17.6. The molecule has 5 heteroatoms. The first kappa shape index (κ1) is 17.9. The molecule has 3 heterocycles. The molecule has 1 fully saturated rings. The summed E-state index contributed by atoms with van der Waals surface area (Å²) in [5.74, 6) is 0.968. The van der Waals surface area contributed by atoms with E-state index in [4.69, 9.17) is 4.42 Å². The zero-order valence-corrected chi connectivity index (χ0v) is 16.4. The number of aromatic nitrogens is 1. The minimum atomic E-state index is 0.0990. The first-order valence-electron chi connectivity index (χ1n) is 9.72. The van der Waals surface area contributed by atoms with Crippen LogP contribution in [0, 0.1) is 13.8 Å². The van der Waals surface area contributed by atoms with E-state index in [-0.39, 0.29) is 5.91 Å². The number of fused-ring (bicyclic) bond motifs is 1. The van der Waals surface area contributed by atoms with E-state index in [1.165, 1.54) is 11.1 Å². The van der Waals surface area contributed by atoms with E-state index < -0.39 is 0 Å². The summed E-state index contributed by atoms with van der Waals surface area (Å²) >= 11 is 0. The zero-order valence-electron chi connectivity index (χ0n) is 16.4. The van der Waals surface area contributed by atoms with Gasteiger partial charge in [-0.3, -0.25) is 4.79 Å². The summed E-state index contributed by atoms with van der Waals surface area (Å²) in [5.41, 5.74) is 4.91. The lowest BCUT2D eigenvalue weighted by Crippen LogP contribution is -2.48. The fourth-order valence-electron chi connectivity index (χ4n) is 3.82. The van der Waals surface area contributed by atoms with Gasteiger partial charge in [-0.1, -0.05) is 36.8 Å². The van der Waals surface area contributed by atoms with Crippen molar-refractivity contribution in [2.24, 2.45) is 0 Å². The number of piperazine rings is 1. The Hall–Kier alpha value is -2.53. The third kappa shape index (κ3) is 3.52. The molecule has 0 radical (unpaired) electrons. The minimum Gasteiger partial charge on any atom is -0.460 e. The predicted octanol–water partition coefficient (Wildman–Crippen LogP) is 3.68. The standard InChI is InChI=1S/C22H27N3O2/c1-4-23-9-11-24(12-10-23)22(26)20-14-21-19(13-17(3)27-21)25(20)15-18-7-5-16(2)6-8-18/h5-8,13-14H,4,9-12,15H2,1-3H3. The molecule has 0 unspecified atom stereocenters. The van der Waals surface area contributed by atoms with Crippen molar-refractivity contribution >= 4 is 17.0 Å². The highest BCUT2D eigenvalue weighted by atomic mass is 16.3. The van der Waals surface area contributed by atoms with Crippen molar-refractivity contribution < 1.29 is 9.21 Å². The molecular formula is C22H27N3O2. The maximum atomic E-state index is 13.3. The number of benzene rings is 1. The van der Waals surface area contributed by atoms with Crippen LogP contribution in [0.4, 0.5) is 0 Å². The maximum absolute atomic E-state index is 13.3. The molecule has 2 aromatic heterocycles. The van der Waals surface area contributed by atoms with E-state index in [2.05, 4.69) is 47.6 Å². The van der Waals surface area contributed by atoms with Crippen molar-refractivity contribution in [3.8, 4) is 0 Å². The number of hydrogen-bond acceptors (Lipinski definition) is 3. The lowest BCUT2D eigenvalue weighted by molar-refractivity contribution is 0.0633. The van der Waals surface area contributed by atoms with Gasteiger partial charge < -0.3 is 18.8 Å². The van der Waals surface area contributed by atoms with Gasteiger partial charge in [-0.25, -0.2) is 0 Å². The lowest BCUT2D eigenvalue weighted by Gasteiger charge is -2.34. The van der Waals surface area contributed by atoms with Gasteiger partial charge in [0, 0.05) is 44.9 Å². The van der Waals surface area contributed by atoms with Gasteiger partial charge in [0.15, 0.2) is 5.58 Å². The topological polar surface area (TPSA) is 41.6 Å². The number of nitrogens with zero attached hydrogens (tertiary/aromatic N) is 3. The van der Waals surface area contributed by atoms with Crippen LogP contribution in [-0.2, 0) is 6.54 Å². The Labute approximate surface area is 160 Å². The summed E-state index contributed by atoms with van der Waals surface area (Å²) in [6, 6.07) is 12.4. The third-order valence-electron chi connectivity index (χ3n) is 5.50. The molecule has 1 amide bonds. The Bertz CT molecular complexity index is 944. The lowest BCUT2D eigenvalue weighted by atomic mass is 10.1. The van der Waals surface area contributed by atoms with E-state index in [0.717, 1.165) is 49.6 Å². The number of furan rings is 1. The van der Waals surface area contributed by atoms with Crippen LogP contribution >= 0.6 is 0 Å². The second-order valence-electron chi connectivity index (χ2n) is 7.43. The van der Waals surface area contributed by atoms with Crippen molar-refractivity contribution in [2.45, 2.75) is 27.3 Å². The van der Waals surface area contributed by atoms with Crippen molar-refractivity contribution in [2.75, 3.05) is 32.7 Å². The number of carbonyl (C=O) groups excluding carboxylic acids is 1. The highest BCUT2D eigenvalue weighted by Gasteiger charge is 2.26. The van der Waals surface area contributed by atoms with Crippen LogP contribution in [0.3, 0.4) is 0 Å². The number of likely N-dealkylation sites (N-methyl/N-ethyl adjacent to an activating group) is 1. The monoisotopic (exact) mass is 365 g/mol. The van der Waals surface area contributed by atoms with Crippen LogP contribution < -0.4 is 0 Å². The van der Waals surface area contributed by atoms with E-state index in [1.807, 2.05) is 24.0 Å². The molecule has 142 valence electrons. The van der Waals surface area contributed by atoms with Crippen LogP contribution in [0.15, 0.2) is 40.8 Å². The molecule has 0 saturated carbocycles. The Balaban J connectivity index is 1.66. The average molecular weight is 365 g/mol. The molecule has 0 N–H and O–H groups in total. The molecule has 1 aliphatic heterocycles. The summed E-state index contributed by atoms with van der Waals surface area (Å²) < 4.78 is 7.92. The normalized spacial score (nSPS) is 15.6. The Morgan fingerprint density at radius 1 is 1.04 bits per heavy atom. The number of aryl methyl sites for hydroxylation is 2. The first-order chi connectivity index (χ1) is 13.0. The molecule has 4 rings (SSSR count). The Kier molecular flexibility index (Phi) is 4.79. The van der Waals surface area contributed by atoms with Crippen LogP contribution in [0.1, 0.15) is 34.3 Å². The zero-order chi connectivity index (χ0) is 19.0. The molecule has 1 aromatic carbocycles. The van der Waals surface area contributed by atoms with Crippen LogP contribution in [-0.4, -0.2) is 53.0 Å². The van der Waals surface area contributed by atoms with Crippen LogP contribution in [0.2, 0.25) is 0 Å². The van der Waals surface area contributed by atoms with E-state index in [1.54, 1.807) is 0 Å². The molecule has 0 bridgehead atoms. The number of hydrogen-bond donors (Lipinski definition) is 0. The number of rotatable bonds is 4. The summed E-state index contributed by atoms with van der Waals surface area (Å²) in [7, 11) is 0. The molecule has 3 aromatic rings. The second-order valence-corrected chi connectivity index (χ2v) is 7.43. The van der Waals surface area contributed by atoms with E-state index in [0.29, 0.717) is 12.2 Å². The van der Waals surface area contributed by atoms with Gasteiger partial charge in [0.2, 0.25) is 0 Å². The van der Waals surface area contributed by atoms with Gasteiger partial charge in [0.25, 0.3) is 5.91 Å². The van der Waals surface area contributed by atoms with Gasteiger partial charge in [0.05, 0.1) is 5.52 Å². The third-order valence-corrected chi connectivity index (χ3v) is 5.50. The molecule has 0 spiro atoms.